The zero-order valence-corrected chi connectivity index (χ0v) is 14.8. The summed E-state index contributed by atoms with van der Waals surface area (Å²) in [5.74, 6) is -0.183. The van der Waals surface area contributed by atoms with Crippen LogP contribution in [0.1, 0.15) is 28.0 Å². The van der Waals surface area contributed by atoms with Crippen molar-refractivity contribution in [1.82, 2.24) is 15.1 Å². The highest BCUT2D eigenvalue weighted by atomic mass is 35.5. The maximum atomic E-state index is 12.5. The molecule has 1 amide bonds. The van der Waals surface area contributed by atoms with Crippen molar-refractivity contribution in [2.24, 2.45) is 0 Å². The molecular formula is C20H20ClN3O. The average molecular weight is 354 g/mol. The normalized spacial score (nSPS) is 10.6. The van der Waals surface area contributed by atoms with Crippen LogP contribution in [0.15, 0.2) is 60.7 Å². The third kappa shape index (κ3) is 4.09. The van der Waals surface area contributed by atoms with Crippen molar-refractivity contribution in [2.75, 3.05) is 6.54 Å². The van der Waals surface area contributed by atoms with Gasteiger partial charge >= 0.3 is 0 Å². The smallest absolute Gasteiger partial charge is 0.256 e. The molecule has 0 saturated heterocycles. The van der Waals surface area contributed by atoms with Crippen LogP contribution in [0, 0.1) is 6.92 Å². The quantitative estimate of drug-likeness (QED) is 0.675. The molecule has 2 aromatic carbocycles. The minimum atomic E-state index is -0.183. The predicted octanol–water partition coefficient (Wildman–Crippen LogP) is 4.20. The monoisotopic (exact) mass is 353 g/mol. The zero-order valence-electron chi connectivity index (χ0n) is 14.1. The molecule has 0 aliphatic heterocycles. The van der Waals surface area contributed by atoms with Gasteiger partial charge in [0, 0.05) is 6.54 Å². The molecule has 0 unspecified atom stereocenters. The summed E-state index contributed by atoms with van der Waals surface area (Å²) in [4.78, 5) is 12.5. The maximum Gasteiger partial charge on any atom is 0.256 e. The Balaban J connectivity index is 1.63. The highest BCUT2D eigenvalue weighted by Crippen LogP contribution is 2.23. The van der Waals surface area contributed by atoms with Crippen LogP contribution < -0.4 is 5.32 Å². The molecule has 0 bridgehead atoms. The number of nitrogens with one attached hydrogen (secondary N) is 1. The van der Waals surface area contributed by atoms with Gasteiger partial charge in [-0.15, -0.1) is 0 Å². The number of nitrogens with zero attached hydrogens (tertiary/aromatic N) is 2. The molecule has 0 saturated carbocycles. The van der Waals surface area contributed by atoms with Crippen molar-refractivity contribution in [3.63, 3.8) is 0 Å². The highest BCUT2D eigenvalue weighted by molar-refractivity contribution is 6.33. The Morgan fingerprint density at radius 1 is 1.08 bits per heavy atom. The zero-order chi connectivity index (χ0) is 17.6. The van der Waals surface area contributed by atoms with Crippen molar-refractivity contribution in [1.29, 1.82) is 0 Å². The van der Waals surface area contributed by atoms with E-state index in [9.17, 15) is 4.79 Å². The molecule has 1 aromatic heterocycles. The second kappa shape index (κ2) is 7.99. The molecule has 0 aliphatic carbocycles. The van der Waals surface area contributed by atoms with Gasteiger partial charge < -0.3 is 5.32 Å². The summed E-state index contributed by atoms with van der Waals surface area (Å²) < 4.78 is 1.59. The lowest BCUT2D eigenvalue weighted by Crippen LogP contribution is -2.25. The fourth-order valence-electron chi connectivity index (χ4n) is 2.72. The van der Waals surface area contributed by atoms with Crippen molar-refractivity contribution < 1.29 is 4.79 Å². The summed E-state index contributed by atoms with van der Waals surface area (Å²) in [6, 6.07) is 19.8. The van der Waals surface area contributed by atoms with Crippen LogP contribution >= 0.6 is 11.6 Å². The number of para-hydroxylation sites is 1. The summed E-state index contributed by atoms with van der Waals surface area (Å²) in [6.07, 6.45) is 1.80. The summed E-state index contributed by atoms with van der Waals surface area (Å²) in [5, 5.41) is 7.68. The number of hydrogen-bond donors (Lipinski definition) is 1. The second-order valence-corrected chi connectivity index (χ2v) is 6.20. The van der Waals surface area contributed by atoms with E-state index in [2.05, 4.69) is 22.5 Å². The molecule has 128 valence electrons. The third-order valence-corrected chi connectivity index (χ3v) is 4.35. The lowest BCUT2D eigenvalue weighted by molar-refractivity contribution is 0.0953. The first kappa shape index (κ1) is 17.2. The Bertz CT molecular complexity index is 844. The van der Waals surface area contributed by atoms with Crippen LogP contribution in [0.5, 0.6) is 0 Å². The highest BCUT2D eigenvalue weighted by Gasteiger charge is 2.20. The number of aromatic nitrogens is 2. The van der Waals surface area contributed by atoms with E-state index in [1.54, 1.807) is 11.6 Å². The molecule has 5 heteroatoms. The summed E-state index contributed by atoms with van der Waals surface area (Å²) in [5.41, 5.74) is 3.15. The fourth-order valence-corrected chi connectivity index (χ4v) is 3.08. The predicted molar refractivity (Wildman–Crippen MR) is 100 cm³/mol. The molecule has 1 N–H and O–H groups in total. The van der Waals surface area contributed by atoms with E-state index in [0.29, 0.717) is 23.0 Å². The Labute approximate surface area is 152 Å². The molecule has 25 heavy (non-hydrogen) atoms. The van der Waals surface area contributed by atoms with Gasteiger partial charge in [0.1, 0.15) is 5.15 Å². The molecule has 0 spiro atoms. The number of rotatable bonds is 6. The number of amides is 1. The van der Waals surface area contributed by atoms with Crippen molar-refractivity contribution in [3.05, 3.63) is 82.6 Å². The Hall–Kier alpha value is -2.59. The number of benzene rings is 2. The molecule has 3 rings (SSSR count). The van der Waals surface area contributed by atoms with Crippen molar-refractivity contribution in [3.8, 4) is 5.69 Å². The van der Waals surface area contributed by atoms with Gasteiger partial charge in [-0.25, -0.2) is 4.68 Å². The van der Waals surface area contributed by atoms with Crippen LogP contribution in [0.2, 0.25) is 5.15 Å². The first-order valence-corrected chi connectivity index (χ1v) is 8.67. The van der Waals surface area contributed by atoms with Crippen molar-refractivity contribution in [2.45, 2.75) is 19.8 Å². The average Bonchev–Trinajstić information content (AvgIpc) is 2.94. The number of carbonyl (C=O) groups is 1. The van der Waals surface area contributed by atoms with E-state index in [1.807, 2.05) is 48.5 Å². The van der Waals surface area contributed by atoms with Gasteiger partial charge in [0.15, 0.2) is 0 Å². The van der Waals surface area contributed by atoms with E-state index >= 15 is 0 Å². The topological polar surface area (TPSA) is 46.9 Å². The first-order valence-electron chi connectivity index (χ1n) is 8.29. The van der Waals surface area contributed by atoms with Crippen molar-refractivity contribution >= 4 is 17.5 Å². The molecule has 0 aliphatic rings. The summed E-state index contributed by atoms with van der Waals surface area (Å²) in [6.45, 7) is 2.39. The Kier molecular flexibility index (Phi) is 5.51. The number of aryl methyl sites for hydroxylation is 2. The molecule has 1 heterocycles. The molecular weight excluding hydrogens is 334 g/mol. The molecule has 0 radical (unpaired) electrons. The SMILES string of the molecule is Cc1nn(-c2ccccc2)c(Cl)c1C(=O)NCCCc1ccccc1. The standard InChI is InChI=1S/C20H20ClN3O/c1-15-18(19(21)24(23-15)17-12-6-3-7-13-17)20(25)22-14-8-11-16-9-4-2-5-10-16/h2-7,9-10,12-13H,8,11,14H2,1H3,(H,22,25). The van der Waals surface area contributed by atoms with Crippen LogP contribution in [0.25, 0.3) is 5.69 Å². The molecule has 0 atom stereocenters. The molecule has 4 nitrogen and oxygen atoms in total. The maximum absolute atomic E-state index is 12.5. The van der Waals surface area contributed by atoms with Gasteiger partial charge in [0.25, 0.3) is 5.91 Å². The second-order valence-electron chi connectivity index (χ2n) is 5.84. The van der Waals surface area contributed by atoms with Crippen LogP contribution in [0.4, 0.5) is 0 Å². The van der Waals surface area contributed by atoms with Gasteiger partial charge in [0.2, 0.25) is 0 Å². The van der Waals surface area contributed by atoms with Gasteiger partial charge in [-0.3, -0.25) is 4.79 Å². The van der Waals surface area contributed by atoms with E-state index in [4.69, 9.17) is 11.6 Å². The molecule has 3 aromatic rings. The van der Waals surface area contributed by atoms with Gasteiger partial charge in [0.05, 0.1) is 16.9 Å². The first-order chi connectivity index (χ1) is 12.2. The van der Waals surface area contributed by atoms with Gasteiger partial charge in [-0.05, 0) is 37.5 Å². The number of carbonyl (C=O) groups excluding carboxylic acids is 1. The van der Waals surface area contributed by atoms with E-state index in [0.717, 1.165) is 18.5 Å². The van der Waals surface area contributed by atoms with E-state index in [1.165, 1.54) is 5.56 Å². The minimum Gasteiger partial charge on any atom is -0.352 e. The fraction of sp³-hybridized carbons (Fsp3) is 0.200. The minimum absolute atomic E-state index is 0.183. The third-order valence-electron chi connectivity index (χ3n) is 4.00. The lowest BCUT2D eigenvalue weighted by Gasteiger charge is -2.06. The Morgan fingerprint density at radius 3 is 2.40 bits per heavy atom. The van der Waals surface area contributed by atoms with Crippen LogP contribution in [0.3, 0.4) is 0 Å². The summed E-state index contributed by atoms with van der Waals surface area (Å²) in [7, 11) is 0. The number of halogens is 1. The van der Waals surface area contributed by atoms with Gasteiger partial charge in [-0.2, -0.15) is 5.10 Å². The number of hydrogen-bond acceptors (Lipinski definition) is 2. The van der Waals surface area contributed by atoms with E-state index in [-0.39, 0.29) is 5.91 Å². The van der Waals surface area contributed by atoms with Gasteiger partial charge in [-0.1, -0.05) is 60.1 Å². The van der Waals surface area contributed by atoms with E-state index < -0.39 is 0 Å². The van der Waals surface area contributed by atoms with Crippen LogP contribution in [-0.2, 0) is 6.42 Å². The Morgan fingerprint density at radius 2 is 1.72 bits per heavy atom. The molecule has 0 fully saturated rings. The lowest BCUT2D eigenvalue weighted by atomic mass is 10.1. The largest absolute Gasteiger partial charge is 0.352 e. The summed E-state index contributed by atoms with van der Waals surface area (Å²) >= 11 is 6.41. The van der Waals surface area contributed by atoms with Crippen LogP contribution in [-0.4, -0.2) is 22.2 Å².